The van der Waals surface area contributed by atoms with Crippen LogP contribution in [0.3, 0.4) is 0 Å². The standard InChI is InChI=1S/C16H28N4O/c1-4-7-17-15-9-13(2)18-16(19-15)11-20(3)10-14-6-5-8-21-12-14/h9,14H,4-8,10-12H2,1-3H3,(H,17,18,19). The van der Waals surface area contributed by atoms with E-state index in [-0.39, 0.29) is 0 Å². The maximum Gasteiger partial charge on any atom is 0.144 e. The molecule has 118 valence electrons. The molecule has 0 aliphatic carbocycles. The highest BCUT2D eigenvalue weighted by Gasteiger charge is 2.16. The highest BCUT2D eigenvalue weighted by Crippen LogP contribution is 2.15. The van der Waals surface area contributed by atoms with Crippen LogP contribution < -0.4 is 5.32 Å². The Balaban J connectivity index is 1.89. The van der Waals surface area contributed by atoms with E-state index in [4.69, 9.17) is 4.74 Å². The van der Waals surface area contributed by atoms with Crippen molar-refractivity contribution < 1.29 is 4.74 Å². The summed E-state index contributed by atoms with van der Waals surface area (Å²) in [6, 6.07) is 2.01. The van der Waals surface area contributed by atoms with Gasteiger partial charge in [0, 0.05) is 31.5 Å². The fraction of sp³-hybridized carbons (Fsp3) is 0.750. The van der Waals surface area contributed by atoms with Crippen LogP contribution in [-0.4, -0.2) is 48.2 Å². The predicted molar refractivity (Wildman–Crippen MR) is 85.4 cm³/mol. The molecule has 1 aliphatic heterocycles. The van der Waals surface area contributed by atoms with Gasteiger partial charge in [-0.05, 0) is 39.2 Å². The summed E-state index contributed by atoms with van der Waals surface area (Å²) in [6.45, 7) is 8.79. The highest BCUT2D eigenvalue weighted by atomic mass is 16.5. The zero-order valence-corrected chi connectivity index (χ0v) is 13.6. The van der Waals surface area contributed by atoms with E-state index in [0.29, 0.717) is 5.92 Å². The molecule has 0 aromatic carbocycles. The smallest absolute Gasteiger partial charge is 0.144 e. The predicted octanol–water partition coefficient (Wildman–Crippen LogP) is 2.47. The maximum absolute atomic E-state index is 5.55. The van der Waals surface area contributed by atoms with Crippen molar-refractivity contribution in [2.24, 2.45) is 5.92 Å². The molecule has 5 nitrogen and oxygen atoms in total. The molecular weight excluding hydrogens is 264 g/mol. The average molecular weight is 292 g/mol. The van der Waals surface area contributed by atoms with Crippen LogP contribution in [0.1, 0.15) is 37.7 Å². The summed E-state index contributed by atoms with van der Waals surface area (Å²) >= 11 is 0. The van der Waals surface area contributed by atoms with E-state index in [1.54, 1.807) is 0 Å². The summed E-state index contributed by atoms with van der Waals surface area (Å²) < 4.78 is 5.55. The summed E-state index contributed by atoms with van der Waals surface area (Å²) in [4.78, 5) is 11.5. The van der Waals surface area contributed by atoms with Gasteiger partial charge in [0.15, 0.2) is 0 Å². The molecule has 1 atom stereocenters. The molecule has 0 spiro atoms. The van der Waals surface area contributed by atoms with Gasteiger partial charge in [-0.2, -0.15) is 0 Å². The second-order valence-electron chi connectivity index (χ2n) is 6.02. The van der Waals surface area contributed by atoms with Crippen molar-refractivity contribution in [3.63, 3.8) is 0 Å². The van der Waals surface area contributed by atoms with Crippen LogP contribution in [0.15, 0.2) is 6.07 Å². The first kappa shape index (κ1) is 16.2. The summed E-state index contributed by atoms with van der Waals surface area (Å²) in [5, 5.41) is 3.34. The fourth-order valence-corrected chi connectivity index (χ4v) is 2.74. The largest absolute Gasteiger partial charge is 0.381 e. The third-order valence-electron chi connectivity index (χ3n) is 3.69. The molecule has 1 aromatic heterocycles. The molecule has 0 saturated carbocycles. The fourth-order valence-electron chi connectivity index (χ4n) is 2.74. The molecule has 5 heteroatoms. The first-order valence-electron chi connectivity index (χ1n) is 8.02. The number of nitrogens with one attached hydrogen (secondary N) is 1. The van der Waals surface area contributed by atoms with E-state index >= 15 is 0 Å². The maximum atomic E-state index is 5.55. The Bertz CT molecular complexity index is 432. The van der Waals surface area contributed by atoms with Crippen LogP contribution in [0.5, 0.6) is 0 Å². The zero-order chi connectivity index (χ0) is 15.1. The lowest BCUT2D eigenvalue weighted by atomic mass is 10.0. The number of aryl methyl sites for hydroxylation is 1. The molecule has 0 amide bonds. The van der Waals surface area contributed by atoms with Crippen LogP contribution in [0.25, 0.3) is 0 Å². The quantitative estimate of drug-likeness (QED) is 0.836. The lowest BCUT2D eigenvalue weighted by molar-refractivity contribution is 0.0408. The number of ether oxygens (including phenoxy) is 1. The second kappa shape index (κ2) is 8.29. The van der Waals surface area contributed by atoms with E-state index in [1.165, 1.54) is 12.8 Å². The summed E-state index contributed by atoms with van der Waals surface area (Å²) in [5.41, 5.74) is 1.02. The van der Waals surface area contributed by atoms with Crippen LogP contribution in [0.2, 0.25) is 0 Å². The average Bonchev–Trinajstić information content (AvgIpc) is 2.45. The molecule has 1 N–H and O–H groups in total. The van der Waals surface area contributed by atoms with E-state index in [2.05, 4.69) is 34.2 Å². The van der Waals surface area contributed by atoms with Crippen molar-refractivity contribution in [2.75, 3.05) is 38.7 Å². The van der Waals surface area contributed by atoms with Crippen molar-refractivity contribution in [1.82, 2.24) is 14.9 Å². The van der Waals surface area contributed by atoms with Gasteiger partial charge in [0.1, 0.15) is 11.6 Å². The number of nitrogens with zero attached hydrogens (tertiary/aromatic N) is 3. The number of hydrogen-bond acceptors (Lipinski definition) is 5. The Labute approximate surface area is 128 Å². The molecule has 1 saturated heterocycles. The van der Waals surface area contributed by atoms with E-state index in [1.807, 2.05) is 13.0 Å². The summed E-state index contributed by atoms with van der Waals surface area (Å²) in [6.07, 6.45) is 3.55. The van der Waals surface area contributed by atoms with Crippen molar-refractivity contribution in [3.8, 4) is 0 Å². The Hall–Kier alpha value is -1.20. The van der Waals surface area contributed by atoms with Crippen LogP contribution >= 0.6 is 0 Å². The SMILES string of the molecule is CCCNc1cc(C)nc(CN(C)CC2CCCOC2)n1. The molecule has 1 aromatic rings. The Morgan fingerprint density at radius 3 is 3.00 bits per heavy atom. The molecule has 2 rings (SSSR count). The molecule has 0 radical (unpaired) electrons. The minimum Gasteiger partial charge on any atom is -0.381 e. The number of hydrogen-bond donors (Lipinski definition) is 1. The Morgan fingerprint density at radius 1 is 1.43 bits per heavy atom. The van der Waals surface area contributed by atoms with Gasteiger partial charge >= 0.3 is 0 Å². The molecule has 21 heavy (non-hydrogen) atoms. The van der Waals surface area contributed by atoms with Crippen molar-refractivity contribution in [2.45, 2.75) is 39.7 Å². The van der Waals surface area contributed by atoms with Gasteiger partial charge in [0.2, 0.25) is 0 Å². The van der Waals surface area contributed by atoms with Gasteiger partial charge in [-0.1, -0.05) is 6.92 Å². The van der Waals surface area contributed by atoms with E-state index in [0.717, 1.165) is 56.6 Å². The first-order chi connectivity index (χ1) is 10.2. The van der Waals surface area contributed by atoms with E-state index in [9.17, 15) is 0 Å². The lowest BCUT2D eigenvalue weighted by Gasteiger charge is -2.26. The van der Waals surface area contributed by atoms with Crippen molar-refractivity contribution in [1.29, 1.82) is 0 Å². The third kappa shape index (κ3) is 5.59. The number of rotatable bonds is 7. The second-order valence-corrected chi connectivity index (χ2v) is 6.02. The van der Waals surface area contributed by atoms with Gasteiger partial charge in [-0.15, -0.1) is 0 Å². The topological polar surface area (TPSA) is 50.3 Å². The van der Waals surface area contributed by atoms with Crippen molar-refractivity contribution in [3.05, 3.63) is 17.6 Å². The minimum absolute atomic E-state index is 0.645. The van der Waals surface area contributed by atoms with Crippen LogP contribution in [0.4, 0.5) is 5.82 Å². The zero-order valence-electron chi connectivity index (χ0n) is 13.6. The molecule has 1 aliphatic rings. The molecule has 2 heterocycles. The number of aromatic nitrogens is 2. The molecular formula is C16H28N4O. The number of anilines is 1. The van der Waals surface area contributed by atoms with Gasteiger partial charge < -0.3 is 10.1 Å². The normalized spacial score (nSPS) is 19.0. The van der Waals surface area contributed by atoms with Gasteiger partial charge in [0.25, 0.3) is 0 Å². The summed E-state index contributed by atoms with van der Waals surface area (Å²) in [7, 11) is 2.14. The van der Waals surface area contributed by atoms with Crippen molar-refractivity contribution >= 4 is 5.82 Å². The molecule has 0 bridgehead atoms. The molecule has 1 fully saturated rings. The minimum atomic E-state index is 0.645. The Kier molecular flexibility index (Phi) is 6.39. The van der Waals surface area contributed by atoms with Gasteiger partial charge in [-0.25, -0.2) is 9.97 Å². The Morgan fingerprint density at radius 2 is 2.29 bits per heavy atom. The van der Waals surface area contributed by atoms with Crippen LogP contribution in [0, 0.1) is 12.8 Å². The molecule has 1 unspecified atom stereocenters. The van der Waals surface area contributed by atoms with E-state index < -0.39 is 0 Å². The van der Waals surface area contributed by atoms with Gasteiger partial charge in [-0.3, -0.25) is 4.90 Å². The highest BCUT2D eigenvalue weighted by molar-refractivity contribution is 5.35. The first-order valence-corrected chi connectivity index (χ1v) is 8.02. The van der Waals surface area contributed by atoms with Gasteiger partial charge in [0.05, 0.1) is 13.2 Å². The summed E-state index contributed by atoms with van der Waals surface area (Å²) in [5.74, 6) is 2.48. The lowest BCUT2D eigenvalue weighted by Crippen LogP contribution is -2.31. The monoisotopic (exact) mass is 292 g/mol. The van der Waals surface area contributed by atoms with Crippen LogP contribution in [-0.2, 0) is 11.3 Å². The third-order valence-corrected chi connectivity index (χ3v) is 3.69.